The Morgan fingerprint density at radius 1 is 0.914 bits per heavy atom. The first kappa shape index (κ1) is 25.2. The molecule has 1 atom stereocenters. The molecule has 0 saturated carbocycles. The van der Waals surface area contributed by atoms with Crippen LogP contribution in [0.5, 0.6) is 11.5 Å². The van der Waals surface area contributed by atoms with Gasteiger partial charge in [-0.05, 0) is 60.9 Å². The first-order valence-electron chi connectivity index (χ1n) is 12.9. The molecule has 1 spiro atoms. The van der Waals surface area contributed by atoms with Crippen LogP contribution in [0.4, 0.5) is 0 Å². The number of para-hydroxylation sites is 1. The minimum atomic E-state index is -0.723. The Kier molecular flexibility index (Phi) is 7.80. The molecule has 35 heavy (non-hydrogen) atoms. The molecule has 2 aliphatic heterocycles. The number of piperazine rings is 1. The number of ether oxygens (including phenoxy) is 1. The number of nitrogens with zero attached hydrogens (tertiary/aromatic N) is 2. The molecular formula is C29H39N3O3. The molecular weight excluding hydrogens is 438 g/mol. The summed E-state index contributed by atoms with van der Waals surface area (Å²) < 4.78 is 5.90. The molecule has 0 bridgehead atoms. The molecule has 6 heteroatoms. The molecule has 0 aliphatic carbocycles. The van der Waals surface area contributed by atoms with Crippen molar-refractivity contribution in [3.63, 3.8) is 0 Å². The molecule has 2 amide bonds. The highest BCUT2D eigenvalue weighted by molar-refractivity contribution is 6.00. The Hall–Kier alpha value is -2.86. The lowest BCUT2D eigenvalue weighted by atomic mass is 9.80. The molecule has 1 unspecified atom stereocenters. The second kappa shape index (κ2) is 10.8. The summed E-state index contributed by atoms with van der Waals surface area (Å²) in [5.74, 6) is 2.43. The SMILES string of the molecule is CC(C)CC1NC(=O)C2(CCN(Cc3ccc(Oc4ccccc4)cc3)CC2)N(CC(C)C)C1=O. The van der Waals surface area contributed by atoms with Crippen LogP contribution >= 0.6 is 0 Å². The predicted molar refractivity (Wildman–Crippen MR) is 138 cm³/mol. The molecule has 2 aromatic carbocycles. The number of likely N-dealkylation sites (tertiary alicyclic amines) is 1. The summed E-state index contributed by atoms with van der Waals surface area (Å²) in [6.07, 6.45) is 2.02. The molecule has 6 nitrogen and oxygen atoms in total. The smallest absolute Gasteiger partial charge is 0.246 e. The average Bonchev–Trinajstić information content (AvgIpc) is 2.83. The quantitative estimate of drug-likeness (QED) is 0.591. The minimum Gasteiger partial charge on any atom is -0.457 e. The topological polar surface area (TPSA) is 61.9 Å². The maximum Gasteiger partial charge on any atom is 0.246 e. The number of carbonyl (C=O) groups excluding carboxylic acids is 2. The highest BCUT2D eigenvalue weighted by Gasteiger charge is 2.53. The third kappa shape index (κ3) is 5.87. The third-order valence-electron chi connectivity index (χ3n) is 7.06. The second-order valence-electron chi connectivity index (χ2n) is 10.9. The van der Waals surface area contributed by atoms with Crippen molar-refractivity contribution in [1.29, 1.82) is 0 Å². The lowest BCUT2D eigenvalue weighted by Crippen LogP contribution is -2.73. The monoisotopic (exact) mass is 477 g/mol. The van der Waals surface area contributed by atoms with Gasteiger partial charge in [0.15, 0.2) is 0 Å². The van der Waals surface area contributed by atoms with Gasteiger partial charge in [0.25, 0.3) is 0 Å². The number of hydrogen-bond acceptors (Lipinski definition) is 4. The van der Waals surface area contributed by atoms with Gasteiger partial charge in [0, 0.05) is 26.2 Å². The van der Waals surface area contributed by atoms with Gasteiger partial charge in [-0.15, -0.1) is 0 Å². The number of piperidine rings is 1. The van der Waals surface area contributed by atoms with Crippen LogP contribution in [0, 0.1) is 11.8 Å². The van der Waals surface area contributed by atoms with Crippen molar-refractivity contribution < 1.29 is 14.3 Å². The highest BCUT2D eigenvalue weighted by Crippen LogP contribution is 2.35. The first-order valence-corrected chi connectivity index (χ1v) is 12.9. The third-order valence-corrected chi connectivity index (χ3v) is 7.06. The van der Waals surface area contributed by atoms with Crippen LogP contribution in [-0.4, -0.2) is 52.8 Å². The Morgan fingerprint density at radius 2 is 1.54 bits per heavy atom. The van der Waals surface area contributed by atoms with E-state index in [9.17, 15) is 9.59 Å². The molecule has 1 N–H and O–H groups in total. The molecule has 4 rings (SSSR count). The Bertz CT molecular complexity index is 996. The van der Waals surface area contributed by atoms with Crippen molar-refractivity contribution in [2.45, 2.75) is 65.1 Å². The van der Waals surface area contributed by atoms with E-state index in [0.29, 0.717) is 37.6 Å². The molecule has 0 radical (unpaired) electrons. The summed E-state index contributed by atoms with van der Waals surface area (Å²) in [5, 5.41) is 3.09. The molecule has 2 fully saturated rings. The average molecular weight is 478 g/mol. The van der Waals surface area contributed by atoms with Crippen molar-refractivity contribution in [1.82, 2.24) is 15.1 Å². The Morgan fingerprint density at radius 3 is 2.14 bits per heavy atom. The van der Waals surface area contributed by atoms with Crippen molar-refractivity contribution >= 4 is 11.8 Å². The van der Waals surface area contributed by atoms with Crippen molar-refractivity contribution in [2.24, 2.45) is 11.8 Å². The van der Waals surface area contributed by atoms with E-state index >= 15 is 0 Å². The zero-order valence-electron chi connectivity index (χ0n) is 21.5. The van der Waals surface area contributed by atoms with E-state index in [4.69, 9.17) is 4.74 Å². The van der Waals surface area contributed by atoms with Gasteiger partial charge in [-0.25, -0.2) is 0 Å². The van der Waals surface area contributed by atoms with Crippen LogP contribution in [0.1, 0.15) is 52.5 Å². The van der Waals surface area contributed by atoms with Crippen molar-refractivity contribution in [3.05, 3.63) is 60.2 Å². The summed E-state index contributed by atoms with van der Waals surface area (Å²) in [6.45, 7) is 11.4. The van der Waals surface area contributed by atoms with Gasteiger partial charge in [-0.1, -0.05) is 58.0 Å². The zero-order chi connectivity index (χ0) is 25.0. The summed E-state index contributed by atoms with van der Waals surface area (Å²) in [4.78, 5) is 31.2. The van der Waals surface area contributed by atoms with E-state index in [2.05, 4.69) is 50.0 Å². The standard InChI is InChI=1S/C29H39N3O3/c1-21(2)18-26-27(33)32(19-22(3)4)29(28(34)30-26)14-16-31(17-15-29)20-23-10-12-25(13-11-23)35-24-8-6-5-7-9-24/h5-13,21-22,26H,14-20H2,1-4H3,(H,30,34). The van der Waals surface area contributed by atoms with Gasteiger partial charge < -0.3 is 15.0 Å². The van der Waals surface area contributed by atoms with Gasteiger partial charge in [0.1, 0.15) is 23.1 Å². The fourth-order valence-corrected chi connectivity index (χ4v) is 5.26. The molecule has 2 aromatic rings. The highest BCUT2D eigenvalue weighted by atomic mass is 16.5. The van der Waals surface area contributed by atoms with E-state index in [1.165, 1.54) is 5.56 Å². The number of amides is 2. The summed E-state index contributed by atoms with van der Waals surface area (Å²) >= 11 is 0. The zero-order valence-corrected chi connectivity index (χ0v) is 21.5. The summed E-state index contributed by atoms with van der Waals surface area (Å²) in [5.41, 5.74) is 0.486. The van der Waals surface area contributed by atoms with Gasteiger partial charge in [0.2, 0.25) is 11.8 Å². The Labute approximate surface area is 209 Å². The molecule has 188 valence electrons. The van der Waals surface area contributed by atoms with Gasteiger partial charge in [-0.2, -0.15) is 0 Å². The lowest BCUT2D eigenvalue weighted by molar-refractivity contribution is -0.162. The van der Waals surface area contributed by atoms with Crippen LogP contribution in [0.2, 0.25) is 0 Å². The fraction of sp³-hybridized carbons (Fsp3) is 0.517. The molecule has 2 saturated heterocycles. The molecule has 2 aliphatic rings. The number of hydrogen-bond donors (Lipinski definition) is 1. The number of nitrogens with one attached hydrogen (secondary N) is 1. The maximum atomic E-state index is 13.4. The predicted octanol–water partition coefficient (Wildman–Crippen LogP) is 4.84. The van der Waals surface area contributed by atoms with Crippen LogP contribution in [-0.2, 0) is 16.1 Å². The van der Waals surface area contributed by atoms with E-state index in [-0.39, 0.29) is 11.8 Å². The molecule has 0 aromatic heterocycles. The van der Waals surface area contributed by atoms with Crippen molar-refractivity contribution in [2.75, 3.05) is 19.6 Å². The summed E-state index contributed by atoms with van der Waals surface area (Å²) in [6, 6.07) is 17.6. The van der Waals surface area contributed by atoms with Crippen LogP contribution in [0.25, 0.3) is 0 Å². The minimum absolute atomic E-state index is 0.0328. The van der Waals surface area contributed by atoms with Crippen molar-refractivity contribution in [3.8, 4) is 11.5 Å². The first-order chi connectivity index (χ1) is 16.8. The maximum absolute atomic E-state index is 13.4. The summed E-state index contributed by atoms with van der Waals surface area (Å²) in [7, 11) is 0. The van der Waals surface area contributed by atoms with Crippen LogP contribution < -0.4 is 10.1 Å². The van der Waals surface area contributed by atoms with E-state index in [1.54, 1.807) is 0 Å². The normalized spacial score (nSPS) is 20.5. The lowest BCUT2D eigenvalue weighted by Gasteiger charge is -2.52. The molecule has 2 heterocycles. The second-order valence-corrected chi connectivity index (χ2v) is 10.9. The number of benzene rings is 2. The fourth-order valence-electron chi connectivity index (χ4n) is 5.26. The largest absolute Gasteiger partial charge is 0.457 e. The van der Waals surface area contributed by atoms with E-state index in [1.807, 2.05) is 47.4 Å². The van der Waals surface area contributed by atoms with Gasteiger partial charge >= 0.3 is 0 Å². The number of carbonyl (C=O) groups is 2. The van der Waals surface area contributed by atoms with E-state index < -0.39 is 11.6 Å². The van der Waals surface area contributed by atoms with Gasteiger partial charge in [-0.3, -0.25) is 14.5 Å². The Balaban J connectivity index is 1.39. The van der Waals surface area contributed by atoms with Crippen LogP contribution in [0.15, 0.2) is 54.6 Å². The van der Waals surface area contributed by atoms with E-state index in [0.717, 1.165) is 31.1 Å². The van der Waals surface area contributed by atoms with Gasteiger partial charge in [0.05, 0.1) is 0 Å². The van der Waals surface area contributed by atoms with Crippen LogP contribution in [0.3, 0.4) is 0 Å². The number of rotatable bonds is 8.